The number of hydrogen-bond acceptors (Lipinski definition) is 4. The van der Waals surface area contributed by atoms with Crippen LogP contribution in [0.2, 0.25) is 5.02 Å². The quantitative estimate of drug-likeness (QED) is 0.496. The molecule has 0 unspecified atom stereocenters. The van der Waals surface area contributed by atoms with Crippen molar-refractivity contribution in [1.82, 2.24) is 5.43 Å². The molecule has 0 atom stereocenters. The lowest BCUT2D eigenvalue weighted by Crippen LogP contribution is -2.17. The summed E-state index contributed by atoms with van der Waals surface area (Å²) in [7, 11) is 0. The van der Waals surface area contributed by atoms with Crippen molar-refractivity contribution in [3.05, 3.63) is 73.2 Å². The second-order valence-electron chi connectivity index (χ2n) is 4.14. The monoisotopic (exact) mass is 381 g/mol. The minimum atomic E-state index is -0.495. The van der Waals surface area contributed by atoms with E-state index < -0.39 is 10.8 Å². The van der Waals surface area contributed by atoms with Crippen LogP contribution in [-0.4, -0.2) is 17.0 Å². The summed E-state index contributed by atoms with van der Waals surface area (Å²) in [5.41, 5.74) is 3.20. The predicted molar refractivity (Wildman–Crippen MR) is 87.3 cm³/mol. The van der Waals surface area contributed by atoms with Crippen LogP contribution in [0.5, 0.6) is 0 Å². The van der Waals surface area contributed by atoms with Crippen LogP contribution >= 0.6 is 27.5 Å². The SMILES string of the molecule is O=C(N/N=C\c1ccc([N+](=O)[O-])cc1Br)c1ccccc1Cl. The van der Waals surface area contributed by atoms with Crippen LogP contribution in [0.15, 0.2) is 52.0 Å². The van der Waals surface area contributed by atoms with Gasteiger partial charge < -0.3 is 0 Å². The fraction of sp³-hybridized carbons (Fsp3) is 0. The van der Waals surface area contributed by atoms with Crippen molar-refractivity contribution in [2.45, 2.75) is 0 Å². The number of amides is 1. The van der Waals surface area contributed by atoms with Gasteiger partial charge in [0.05, 0.1) is 21.7 Å². The molecule has 0 saturated carbocycles. The Bertz CT molecular complexity index is 765. The number of nitrogens with zero attached hydrogens (tertiary/aromatic N) is 2. The van der Waals surface area contributed by atoms with Crippen LogP contribution < -0.4 is 5.43 Å². The summed E-state index contributed by atoms with van der Waals surface area (Å²) in [5, 5.41) is 14.8. The van der Waals surface area contributed by atoms with Gasteiger partial charge in [0.15, 0.2) is 0 Å². The smallest absolute Gasteiger partial charge is 0.267 e. The minimum absolute atomic E-state index is 0.0378. The topological polar surface area (TPSA) is 84.6 Å². The number of rotatable bonds is 4. The number of carbonyl (C=O) groups is 1. The predicted octanol–water partition coefficient (Wildman–Crippen LogP) is 3.77. The Labute approximate surface area is 139 Å². The summed E-state index contributed by atoms with van der Waals surface area (Å²) in [6, 6.07) is 10.8. The molecule has 1 N–H and O–H groups in total. The van der Waals surface area contributed by atoms with Crippen molar-refractivity contribution in [3.63, 3.8) is 0 Å². The van der Waals surface area contributed by atoms with E-state index in [4.69, 9.17) is 11.6 Å². The Kier molecular flexibility index (Phi) is 5.24. The zero-order valence-electron chi connectivity index (χ0n) is 11.0. The van der Waals surface area contributed by atoms with E-state index in [1.165, 1.54) is 24.4 Å². The van der Waals surface area contributed by atoms with Crippen molar-refractivity contribution >= 4 is 45.3 Å². The van der Waals surface area contributed by atoms with E-state index >= 15 is 0 Å². The van der Waals surface area contributed by atoms with E-state index in [-0.39, 0.29) is 5.69 Å². The molecule has 112 valence electrons. The van der Waals surface area contributed by atoms with E-state index in [1.807, 2.05) is 0 Å². The first-order valence-corrected chi connectivity index (χ1v) is 7.18. The van der Waals surface area contributed by atoms with Gasteiger partial charge in [-0.1, -0.05) is 23.7 Å². The average Bonchev–Trinajstić information content (AvgIpc) is 2.49. The van der Waals surface area contributed by atoms with Gasteiger partial charge >= 0.3 is 0 Å². The average molecular weight is 383 g/mol. The molecule has 0 saturated heterocycles. The third-order valence-electron chi connectivity index (χ3n) is 2.68. The Balaban J connectivity index is 2.08. The standard InChI is InChI=1S/C14H9BrClN3O3/c15-12-7-10(19(21)22)6-5-9(12)8-17-18-14(20)11-3-1-2-4-13(11)16/h1-8H,(H,18,20)/b17-8-. The van der Waals surface area contributed by atoms with Gasteiger partial charge in [-0.15, -0.1) is 0 Å². The second-order valence-corrected chi connectivity index (χ2v) is 5.40. The summed E-state index contributed by atoms with van der Waals surface area (Å²) in [6.45, 7) is 0. The number of nitrogens with one attached hydrogen (secondary N) is 1. The fourth-order valence-corrected chi connectivity index (χ4v) is 2.29. The molecule has 8 heteroatoms. The molecule has 2 rings (SSSR count). The molecule has 2 aromatic carbocycles. The van der Waals surface area contributed by atoms with E-state index in [1.54, 1.807) is 24.3 Å². The fourth-order valence-electron chi connectivity index (χ4n) is 1.60. The lowest BCUT2D eigenvalue weighted by Gasteiger charge is -2.02. The molecule has 0 fully saturated rings. The van der Waals surface area contributed by atoms with Crippen molar-refractivity contribution in [2.75, 3.05) is 0 Å². The summed E-state index contributed by atoms with van der Waals surface area (Å²) in [6.07, 6.45) is 1.38. The summed E-state index contributed by atoms with van der Waals surface area (Å²) in [4.78, 5) is 22.0. The summed E-state index contributed by atoms with van der Waals surface area (Å²) in [5.74, 6) is -0.445. The molecule has 0 bridgehead atoms. The molecule has 6 nitrogen and oxygen atoms in total. The highest BCUT2D eigenvalue weighted by molar-refractivity contribution is 9.10. The third-order valence-corrected chi connectivity index (χ3v) is 3.70. The highest BCUT2D eigenvalue weighted by Gasteiger charge is 2.09. The zero-order chi connectivity index (χ0) is 16.1. The maximum Gasteiger partial charge on any atom is 0.272 e. The van der Waals surface area contributed by atoms with Gasteiger partial charge in [0.1, 0.15) is 0 Å². The maximum absolute atomic E-state index is 11.9. The van der Waals surface area contributed by atoms with Gasteiger partial charge in [0.2, 0.25) is 0 Å². The molecule has 0 aliphatic rings. The largest absolute Gasteiger partial charge is 0.272 e. The first-order valence-electron chi connectivity index (χ1n) is 6.01. The molecular formula is C14H9BrClN3O3. The number of carbonyl (C=O) groups excluding carboxylic acids is 1. The number of non-ortho nitro benzene ring substituents is 1. The highest BCUT2D eigenvalue weighted by Crippen LogP contribution is 2.21. The van der Waals surface area contributed by atoms with Crippen molar-refractivity contribution in [3.8, 4) is 0 Å². The Hall–Kier alpha value is -2.25. The van der Waals surface area contributed by atoms with Crippen LogP contribution in [0.1, 0.15) is 15.9 Å². The number of hydrazone groups is 1. The summed E-state index contributed by atoms with van der Waals surface area (Å²) < 4.78 is 0.498. The molecule has 0 aliphatic carbocycles. The van der Waals surface area contributed by atoms with Crippen LogP contribution in [0.3, 0.4) is 0 Å². The van der Waals surface area contributed by atoms with Gasteiger partial charge in [-0.25, -0.2) is 5.43 Å². The van der Waals surface area contributed by atoms with Crippen LogP contribution in [0.4, 0.5) is 5.69 Å². The normalized spacial score (nSPS) is 10.6. The summed E-state index contributed by atoms with van der Waals surface area (Å²) >= 11 is 9.11. The van der Waals surface area contributed by atoms with Gasteiger partial charge in [0, 0.05) is 22.2 Å². The number of hydrogen-bond donors (Lipinski definition) is 1. The van der Waals surface area contributed by atoms with Gasteiger partial charge in [0.25, 0.3) is 11.6 Å². The maximum atomic E-state index is 11.9. The zero-order valence-corrected chi connectivity index (χ0v) is 13.3. The Morgan fingerprint density at radius 3 is 2.68 bits per heavy atom. The first-order chi connectivity index (χ1) is 10.5. The molecule has 0 spiro atoms. The molecule has 0 aliphatic heterocycles. The van der Waals surface area contributed by atoms with Gasteiger partial charge in [-0.05, 0) is 34.1 Å². The molecule has 0 aromatic heterocycles. The lowest BCUT2D eigenvalue weighted by atomic mass is 10.2. The second kappa shape index (κ2) is 7.15. The Morgan fingerprint density at radius 1 is 1.32 bits per heavy atom. The van der Waals surface area contributed by atoms with Crippen molar-refractivity contribution in [2.24, 2.45) is 5.10 Å². The number of benzene rings is 2. The van der Waals surface area contributed by atoms with E-state index in [9.17, 15) is 14.9 Å². The van der Waals surface area contributed by atoms with E-state index in [0.717, 1.165) is 0 Å². The first kappa shape index (κ1) is 16.1. The molecule has 0 radical (unpaired) electrons. The van der Waals surface area contributed by atoms with E-state index in [2.05, 4.69) is 26.5 Å². The van der Waals surface area contributed by atoms with Crippen LogP contribution in [-0.2, 0) is 0 Å². The highest BCUT2D eigenvalue weighted by atomic mass is 79.9. The molecule has 0 heterocycles. The van der Waals surface area contributed by atoms with Gasteiger partial charge in [-0.2, -0.15) is 5.10 Å². The molecular weight excluding hydrogens is 374 g/mol. The van der Waals surface area contributed by atoms with Crippen LogP contribution in [0.25, 0.3) is 0 Å². The third kappa shape index (κ3) is 3.90. The lowest BCUT2D eigenvalue weighted by molar-refractivity contribution is -0.384. The van der Waals surface area contributed by atoms with Gasteiger partial charge in [-0.3, -0.25) is 14.9 Å². The van der Waals surface area contributed by atoms with E-state index in [0.29, 0.717) is 20.6 Å². The Morgan fingerprint density at radius 2 is 2.05 bits per heavy atom. The van der Waals surface area contributed by atoms with Crippen LogP contribution in [0, 0.1) is 10.1 Å². The van der Waals surface area contributed by atoms with Crippen molar-refractivity contribution in [1.29, 1.82) is 0 Å². The number of nitro benzene ring substituents is 1. The molecule has 2 aromatic rings. The minimum Gasteiger partial charge on any atom is -0.267 e. The molecule has 1 amide bonds. The number of nitro groups is 1. The number of halogens is 2. The van der Waals surface area contributed by atoms with Crippen molar-refractivity contribution < 1.29 is 9.72 Å². The molecule has 22 heavy (non-hydrogen) atoms.